The number of aromatic nitrogens is 2. The van der Waals surface area contributed by atoms with Crippen LogP contribution in [0.3, 0.4) is 0 Å². The number of carbonyl (C=O) groups is 1. The van der Waals surface area contributed by atoms with Gasteiger partial charge in [-0.2, -0.15) is 5.10 Å². The molecule has 0 spiro atoms. The molecule has 0 unspecified atom stereocenters. The fourth-order valence-electron chi connectivity index (χ4n) is 3.01. The number of ether oxygens (including phenoxy) is 1. The summed E-state index contributed by atoms with van der Waals surface area (Å²) >= 11 is 15.9. The third kappa shape index (κ3) is 5.35. The maximum atomic E-state index is 12.6. The van der Waals surface area contributed by atoms with Crippen molar-refractivity contribution in [3.8, 4) is 5.75 Å². The van der Waals surface area contributed by atoms with Gasteiger partial charge in [0.05, 0.1) is 6.54 Å². The first-order valence-corrected chi connectivity index (χ1v) is 11.2. The summed E-state index contributed by atoms with van der Waals surface area (Å²) in [6.07, 6.45) is 0. The summed E-state index contributed by atoms with van der Waals surface area (Å²) in [5.74, 6) is 1.41. The van der Waals surface area contributed by atoms with Crippen molar-refractivity contribution in [2.24, 2.45) is 0 Å². The highest BCUT2D eigenvalue weighted by atomic mass is 79.9. The van der Waals surface area contributed by atoms with Crippen LogP contribution in [0.5, 0.6) is 5.75 Å². The van der Waals surface area contributed by atoms with Crippen molar-refractivity contribution in [2.45, 2.75) is 20.1 Å². The summed E-state index contributed by atoms with van der Waals surface area (Å²) in [6.45, 7) is 2.48. The minimum absolute atomic E-state index is 0.167. The van der Waals surface area contributed by atoms with Gasteiger partial charge in [-0.1, -0.05) is 45.2 Å². The van der Waals surface area contributed by atoms with Crippen LogP contribution >= 0.6 is 39.1 Å². The van der Waals surface area contributed by atoms with Gasteiger partial charge in [0.1, 0.15) is 18.1 Å². The Hall–Kier alpha value is -2.74. The van der Waals surface area contributed by atoms with Crippen molar-refractivity contribution in [3.63, 3.8) is 0 Å². The lowest BCUT2D eigenvalue weighted by Gasteiger charge is -2.08. The van der Waals surface area contributed by atoms with Crippen LogP contribution in [-0.4, -0.2) is 15.7 Å². The van der Waals surface area contributed by atoms with Crippen molar-refractivity contribution < 1.29 is 13.9 Å². The van der Waals surface area contributed by atoms with Crippen molar-refractivity contribution >= 4 is 50.9 Å². The highest BCUT2D eigenvalue weighted by Crippen LogP contribution is 2.26. The second kappa shape index (κ2) is 9.81. The largest absolute Gasteiger partial charge is 0.486 e. The van der Waals surface area contributed by atoms with E-state index in [1.165, 1.54) is 0 Å². The second-order valence-corrected chi connectivity index (χ2v) is 8.72. The van der Waals surface area contributed by atoms with Gasteiger partial charge in [-0.25, -0.2) is 0 Å². The maximum absolute atomic E-state index is 12.6. The van der Waals surface area contributed by atoms with E-state index < -0.39 is 5.91 Å². The zero-order chi connectivity index (χ0) is 22.7. The molecule has 164 valence electrons. The van der Waals surface area contributed by atoms with Crippen molar-refractivity contribution in [3.05, 3.63) is 98.0 Å². The monoisotopic (exact) mass is 533 g/mol. The summed E-state index contributed by atoms with van der Waals surface area (Å²) in [4.78, 5) is 12.6. The normalized spacial score (nSPS) is 10.9. The molecule has 9 heteroatoms. The molecule has 6 nitrogen and oxygen atoms in total. The molecule has 0 radical (unpaired) electrons. The zero-order valence-electron chi connectivity index (χ0n) is 16.9. The number of carbonyl (C=O) groups excluding carboxylic acids is 1. The smallest absolute Gasteiger partial charge is 0.292 e. The van der Waals surface area contributed by atoms with Gasteiger partial charge in [-0.3, -0.25) is 9.48 Å². The first-order valence-electron chi connectivity index (χ1n) is 9.65. The Morgan fingerprint density at radius 1 is 1.12 bits per heavy atom. The molecule has 0 aliphatic carbocycles. The molecule has 0 saturated heterocycles. The number of rotatable bonds is 7. The maximum Gasteiger partial charge on any atom is 0.292 e. The van der Waals surface area contributed by atoms with E-state index in [-0.39, 0.29) is 12.4 Å². The molecule has 4 rings (SSSR count). The van der Waals surface area contributed by atoms with Gasteiger partial charge >= 0.3 is 0 Å². The highest BCUT2D eigenvalue weighted by molar-refractivity contribution is 9.10. The van der Waals surface area contributed by atoms with E-state index in [9.17, 15) is 4.79 Å². The molecule has 0 aliphatic heterocycles. The van der Waals surface area contributed by atoms with Crippen LogP contribution in [0.4, 0.5) is 5.82 Å². The Morgan fingerprint density at radius 3 is 2.56 bits per heavy atom. The van der Waals surface area contributed by atoms with Crippen LogP contribution in [0, 0.1) is 6.92 Å². The quantitative estimate of drug-likeness (QED) is 0.285. The second-order valence-electron chi connectivity index (χ2n) is 6.99. The van der Waals surface area contributed by atoms with Crippen LogP contribution < -0.4 is 10.1 Å². The van der Waals surface area contributed by atoms with Gasteiger partial charge in [0.15, 0.2) is 11.6 Å². The van der Waals surface area contributed by atoms with E-state index in [1.807, 2.05) is 31.2 Å². The van der Waals surface area contributed by atoms with Gasteiger partial charge in [0.25, 0.3) is 5.91 Å². The number of aryl methyl sites for hydroxylation is 1. The van der Waals surface area contributed by atoms with E-state index in [0.29, 0.717) is 33.9 Å². The fourth-order valence-corrected chi connectivity index (χ4v) is 3.79. The Kier molecular flexibility index (Phi) is 6.89. The molecule has 0 aliphatic rings. The number of nitrogens with zero attached hydrogens (tertiary/aromatic N) is 2. The summed E-state index contributed by atoms with van der Waals surface area (Å²) in [5.41, 5.74) is 1.61. The molecule has 2 aromatic heterocycles. The molecule has 0 atom stereocenters. The highest BCUT2D eigenvalue weighted by Gasteiger charge is 2.15. The van der Waals surface area contributed by atoms with Crippen LogP contribution in [-0.2, 0) is 13.2 Å². The van der Waals surface area contributed by atoms with Gasteiger partial charge in [0.2, 0.25) is 0 Å². The SMILES string of the molecule is Cc1cc(NC(=O)c2ccc(COc3ccc(Br)cc3)o2)nn1Cc1c(Cl)cccc1Cl. The standard InChI is InChI=1S/C23H18BrCl2N3O3/c1-14-11-22(28-29(14)12-18-19(25)3-2-4-20(18)26)27-23(30)21-10-9-17(32-21)13-31-16-7-5-15(24)6-8-16/h2-11H,12-13H2,1H3,(H,27,28,30). The third-order valence-electron chi connectivity index (χ3n) is 4.67. The molecule has 1 N–H and O–H groups in total. The van der Waals surface area contributed by atoms with E-state index in [2.05, 4.69) is 26.3 Å². The van der Waals surface area contributed by atoms with Crippen LogP contribution in [0.25, 0.3) is 0 Å². The van der Waals surface area contributed by atoms with Crippen molar-refractivity contribution in [2.75, 3.05) is 5.32 Å². The van der Waals surface area contributed by atoms with E-state index >= 15 is 0 Å². The number of hydrogen-bond donors (Lipinski definition) is 1. The first kappa shape index (κ1) is 22.5. The minimum Gasteiger partial charge on any atom is -0.486 e. The predicted molar refractivity (Wildman–Crippen MR) is 128 cm³/mol. The molecule has 0 fully saturated rings. The summed E-state index contributed by atoms with van der Waals surface area (Å²) in [6, 6.07) is 17.9. The molecule has 2 heterocycles. The Bertz CT molecular complexity index is 1230. The average molecular weight is 535 g/mol. The Labute approximate surface area is 203 Å². The minimum atomic E-state index is -0.402. The molecular weight excluding hydrogens is 517 g/mol. The fraction of sp³-hybridized carbons (Fsp3) is 0.130. The van der Waals surface area contributed by atoms with Crippen molar-refractivity contribution in [1.82, 2.24) is 9.78 Å². The molecular formula is C23H18BrCl2N3O3. The number of halogens is 3. The van der Waals surface area contributed by atoms with E-state index in [1.54, 1.807) is 41.1 Å². The lowest BCUT2D eigenvalue weighted by atomic mass is 10.2. The van der Waals surface area contributed by atoms with E-state index in [4.69, 9.17) is 32.4 Å². The van der Waals surface area contributed by atoms with E-state index in [0.717, 1.165) is 15.7 Å². The van der Waals surface area contributed by atoms with Crippen LogP contribution in [0.1, 0.15) is 27.6 Å². The molecule has 2 aromatic carbocycles. The molecule has 0 saturated carbocycles. The molecule has 32 heavy (non-hydrogen) atoms. The lowest BCUT2D eigenvalue weighted by Crippen LogP contribution is -2.12. The summed E-state index contributed by atoms with van der Waals surface area (Å²) in [7, 11) is 0. The van der Waals surface area contributed by atoms with Gasteiger partial charge in [0, 0.05) is 31.8 Å². The van der Waals surface area contributed by atoms with Gasteiger partial charge in [-0.05, 0) is 55.5 Å². The lowest BCUT2D eigenvalue weighted by molar-refractivity contribution is 0.0992. The number of benzene rings is 2. The van der Waals surface area contributed by atoms with Crippen molar-refractivity contribution in [1.29, 1.82) is 0 Å². The zero-order valence-corrected chi connectivity index (χ0v) is 20.0. The molecule has 4 aromatic rings. The average Bonchev–Trinajstić information content (AvgIpc) is 3.37. The predicted octanol–water partition coefficient (Wildman–Crippen LogP) is 6.73. The number of amides is 1. The van der Waals surface area contributed by atoms with Crippen LogP contribution in [0.2, 0.25) is 10.0 Å². The number of nitrogens with one attached hydrogen (secondary N) is 1. The Balaban J connectivity index is 1.39. The number of hydrogen-bond acceptors (Lipinski definition) is 4. The topological polar surface area (TPSA) is 69.3 Å². The summed E-state index contributed by atoms with van der Waals surface area (Å²) in [5, 5.41) is 8.31. The number of anilines is 1. The summed E-state index contributed by atoms with van der Waals surface area (Å²) < 4.78 is 14.0. The van der Waals surface area contributed by atoms with Crippen LogP contribution in [0.15, 0.2) is 69.6 Å². The molecule has 1 amide bonds. The number of furan rings is 1. The first-order chi connectivity index (χ1) is 15.4. The van der Waals surface area contributed by atoms with Gasteiger partial charge in [-0.15, -0.1) is 0 Å². The molecule has 0 bridgehead atoms. The Morgan fingerprint density at radius 2 is 1.84 bits per heavy atom. The van der Waals surface area contributed by atoms with Gasteiger partial charge < -0.3 is 14.5 Å². The third-order valence-corrected chi connectivity index (χ3v) is 5.91.